The molecule has 0 saturated carbocycles. The van der Waals surface area contributed by atoms with Gasteiger partial charge in [-0.3, -0.25) is 0 Å². The average molecular weight is 216 g/mol. The van der Waals surface area contributed by atoms with E-state index in [0.717, 1.165) is 12.8 Å². The lowest BCUT2D eigenvalue weighted by Crippen LogP contribution is -2.39. The van der Waals surface area contributed by atoms with E-state index in [0.29, 0.717) is 5.92 Å². The Labute approximate surface area is 94.7 Å². The third-order valence-electron chi connectivity index (χ3n) is 4.21. The normalized spacial score (nSPS) is 19.0. The summed E-state index contributed by atoms with van der Waals surface area (Å²) in [4.78, 5) is 0. The maximum Gasteiger partial charge on any atom is 0.0824 e. The molecule has 2 nitrogen and oxygen atoms in total. The van der Waals surface area contributed by atoms with Crippen LogP contribution in [-0.2, 0) is 0 Å². The fourth-order valence-corrected chi connectivity index (χ4v) is 1.94. The smallest absolute Gasteiger partial charge is 0.0824 e. The molecule has 2 atom stereocenters. The minimum Gasteiger partial charge on any atom is -0.394 e. The van der Waals surface area contributed by atoms with Gasteiger partial charge in [-0.25, -0.2) is 0 Å². The molecule has 0 saturated heterocycles. The minimum atomic E-state index is -0.611. The molecule has 0 heterocycles. The Bertz CT molecular complexity index is 187. The van der Waals surface area contributed by atoms with Crippen molar-refractivity contribution in [1.29, 1.82) is 0 Å². The van der Waals surface area contributed by atoms with Crippen LogP contribution >= 0.6 is 0 Å². The van der Waals surface area contributed by atoms with Crippen molar-refractivity contribution in [2.45, 2.75) is 60.5 Å². The van der Waals surface area contributed by atoms with E-state index >= 15 is 0 Å². The topological polar surface area (TPSA) is 40.5 Å². The summed E-state index contributed by atoms with van der Waals surface area (Å²) in [6.45, 7) is 12.9. The summed E-state index contributed by atoms with van der Waals surface area (Å²) in [5, 5.41) is 19.0. The zero-order valence-electron chi connectivity index (χ0n) is 11.2. The van der Waals surface area contributed by atoms with Crippen LogP contribution in [0.1, 0.15) is 54.4 Å². The molecule has 92 valence electrons. The molecule has 0 aromatic heterocycles. The van der Waals surface area contributed by atoms with Gasteiger partial charge < -0.3 is 10.2 Å². The predicted octanol–water partition coefficient (Wildman–Crippen LogP) is 2.83. The van der Waals surface area contributed by atoms with Crippen molar-refractivity contribution < 1.29 is 10.2 Å². The van der Waals surface area contributed by atoms with Gasteiger partial charge in [0.2, 0.25) is 0 Å². The van der Waals surface area contributed by atoms with Crippen molar-refractivity contribution >= 4 is 0 Å². The van der Waals surface area contributed by atoms with Crippen molar-refractivity contribution in [3.63, 3.8) is 0 Å². The molecule has 0 aliphatic heterocycles. The Balaban J connectivity index is 4.70. The van der Waals surface area contributed by atoms with Gasteiger partial charge in [-0.05, 0) is 29.6 Å². The van der Waals surface area contributed by atoms with Crippen molar-refractivity contribution in [3.05, 3.63) is 0 Å². The molecule has 2 unspecified atom stereocenters. The second kappa shape index (κ2) is 5.31. The number of aliphatic hydroxyl groups is 2. The second-order valence-corrected chi connectivity index (χ2v) is 6.03. The van der Waals surface area contributed by atoms with Crippen LogP contribution in [0.15, 0.2) is 0 Å². The molecule has 0 amide bonds. The first-order valence-electron chi connectivity index (χ1n) is 5.98. The van der Waals surface area contributed by atoms with Crippen LogP contribution in [0.3, 0.4) is 0 Å². The maximum atomic E-state index is 9.87. The van der Waals surface area contributed by atoms with Gasteiger partial charge in [-0.1, -0.05) is 41.5 Å². The fourth-order valence-electron chi connectivity index (χ4n) is 1.94. The zero-order valence-corrected chi connectivity index (χ0v) is 11.2. The summed E-state index contributed by atoms with van der Waals surface area (Å²) in [5.41, 5.74) is 0.0173. The first-order valence-corrected chi connectivity index (χ1v) is 5.98. The summed E-state index contributed by atoms with van der Waals surface area (Å²) in [6.07, 6.45) is 1.22. The van der Waals surface area contributed by atoms with E-state index < -0.39 is 6.10 Å². The molecule has 2 N–H and O–H groups in total. The van der Waals surface area contributed by atoms with Gasteiger partial charge in [0.1, 0.15) is 0 Å². The highest BCUT2D eigenvalue weighted by Gasteiger charge is 2.37. The molecule has 0 fully saturated rings. The number of hydrogen-bond acceptors (Lipinski definition) is 2. The van der Waals surface area contributed by atoms with Crippen LogP contribution in [0.2, 0.25) is 0 Å². The highest BCUT2D eigenvalue weighted by atomic mass is 16.3. The van der Waals surface area contributed by atoms with E-state index in [-0.39, 0.29) is 17.4 Å². The van der Waals surface area contributed by atoms with Gasteiger partial charge in [0.05, 0.1) is 12.7 Å². The van der Waals surface area contributed by atoms with E-state index in [1.165, 1.54) is 0 Å². The molecule has 0 aromatic rings. The third-order valence-corrected chi connectivity index (χ3v) is 4.21. The molecule has 2 heteroatoms. The first kappa shape index (κ1) is 14.9. The molecule has 0 spiro atoms. The lowest BCUT2D eigenvalue weighted by atomic mass is 9.65. The quantitative estimate of drug-likeness (QED) is 0.717. The number of aliphatic hydroxyl groups excluding tert-OH is 2. The first-order chi connectivity index (χ1) is 6.69. The summed E-state index contributed by atoms with van der Waals surface area (Å²) in [7, 11) is 0. The molecule has 0 aromatic carbocycles. The van der Waals surface area contributed by atoms with Crippen LogP contribution < -0.4 is 0 Å². The Morgan fingerprint density at radius 1 is 1.13 bits per heavy atom. The monoisotopic (exact) mass is 216 g/mol. The van der Waals surface area contributed by atoms with Gasteiger partial charge in [0.25, 0.3) is 0 Å². The predicted molar refractivity (Wildman–Crippen MR) is 64.7 cm³/mol. The zero-order chi connectivity index (χ0) is 12.3. The molecule has 0 bridgehead atoms. The van der Waals surface area contributed by atoms with Gasteiger partial charge in [0.15, 0.2) is 0 Å². The maximum absolute atomic E-state index is 9.87. The SMILES string of the molecule is CCC(C)(CC(C)(C)C(C)C)C(O)CO. The fraction of sp³-hybridized carbons (Fsp3) is 1.00. The highest BCUT2D eigenvalue weighted by molar-refractivity contribution is 4.88. The molecule has 0 aliphatic carbocycles. The molecular weight excluding hydrogens is 188 g/mol. The van der Waals surface area contributed by atoms with Crippen molar-refractivity contribution in [2.24, 2.45) is 16.7 Å². The molecular formula is C13H28O2. The lowest BCUT2D eigenvalue weighted by molar-refractivity contribution is -0.0385. The van der Waals surface area contributed by atoms with Gasteiger partial charge in [-0.15, -0.1) is 0 Å². The number of rotatable bonds is 6. The van der Waals surface area contributed by atoms with Crippen LogP contribution in [-0.4, -0.2) is 22.9 Å². The molecule has 15 heavy (non-hydrogen) atoms. The van der Waals surface area contributed by atoms with E-state index in [2.05, 4.69) is 41.5 Å². The second-order valence-electron chi connectivity index (χ2n) is 6.03. The number of hydrogen-bond donors (Lipinski definition) is 2. The van der Waals surface area contributed by atoms with Crippen molar-refractivity contribution in [3.8, 4) is 0 Å². The van der Waals surface area contributed by atoms with Crippen LogP contribution in [0, 0.1) is 16.7 Å². The Kier molecular flexibility index (Phi) is 5.28. The summed E-state index contributed by atoms with van der Waals surface area (Å²) in [6, 6.07) is 0. The van der Waals surface area contributed by atoms with Crippen LogP contribution in [0.25, 0.3) is 0 Å². The van der Waals surface area contributed by atoms with Crippen molar-refractivity contribution in [2.75, 3.05) is 6.61 Å². The van der Waals surface area contributed by atoms with Gasteiger partial charge in [0, 0.05) is 0 Å². The van der Waals surface area contributed by atoms with Crippen LogP contribution in [0.4, 0.5) is 0 Å². The Morgan fingerprint density at radius 3 is 1.87 bits per heavy atom. The Hall–Kier alpha value is -0.0800. The summed E-state index contributed by atoms with van der Waals surface area (Å²) >= 11 is 0. The van der Waals surface area contributed by atoms with Crippen LogP contribution in [0.5, 0.6) is 0 Å². The molecule has 0 aliphatic rings. The van der Waals surface area contributed by atoms with Crippen molar-refractivity contribution in [1.82, 2.24) is 0 Å². The molecule has 0 rings (SSSR count). The van der Waals surface area contributed by atoms with E-state index in [1.54, 1.807) is 0 Å². The van der Waals surface area contributed by atoms with E-state index in [4.69, 9.17) is 5.11 Å². The minimum absolute atomic E-state index is 0.140. The average Bonchev–Trinajstić information content (AvgIpc) is 2.15. The lowest BCUT2D eigenvalue weighted by Gasteiger charge is -2.41. The summed E-state index contributed by atoms with van der Waals surface area (Å²) < 4.78 is 0. The van der Waals surface area contributed by atoms with E-state index in [1.807, 2.05) is 0 Å². The largest absolute Gasteiger partial charge is 0.394 e. The standard InChI is InChI=1S/C13H28O2/c1-7-13(6,11(15)8-14)9-12(4,5)10(2)3/h10-11,14-15H,7-9H2,1-6H3. The molecule has 0 radical (unpaired) electrons. The highest BCUT2D eigenvalue weighted by Crippen LogP contribution is 2.42. The third kappa shape index (κ3) is 3.76. The van der Waals surface area contributed by atoms with E-state index in [9.17, 15) is 5.11 Å². The van der Waals surface area contributed by atoms with Gasteiger partial charge >= 0.3 is 0 Å². The summed E-state index contributed by atoms with van der Waals surface area (Å²) in [5.74, 6) is 0.578. The Morgan fingerprint density at radius 2 is 1.60 bits per heavy atom. The van der Waals surface area contributed by atoms with Gasteiger partial charge in [-0.2, -0.15) is 0 Å².